The zero-order chi connectivity index (χ0) is 14.7. The summed E-state index contributed by atoms with van der Waals surface area (Å²) in [6.07, 6.45) is 1.73. The van der Waals surface area contributed by atoms with Crippen molar-refractivity contribution in [3.05, 3.63) is 39.6 Å². The molecule has 0 aliphatic carbocycles. The Labute approximate surface area is 128 Å². The fourth-order valence-corrected chi connectivity index (χ4v) is 2.27. The number of anilines is 3. The highest BCUT2D eigenvalue weighted by molar-refractivity contribution is 6.39. The van der Waals surface area contributed by atoms with Crippen molar-refractivity contribution in [2.24, 2.45) is 0 Å². The van der Waals surface area contributed by atoms with Gasteiger partial charge in [-0.3, -0.25) is 0 Å². The number of aryl methyl sites for hydroxylation is 1. The average molecular weight is 311 g/mol. The maximum atomic E-state index is 6.15. The summed E-state index contributed by atoms with van der Waals surface area (Å²) in [4.78, 5) is 8.75. The van der Waals surface area contributed by atoms with Crippen LogP contribution in [-0.4, -0.2) is 9.97 Å². The minimum Gasteiger partial charge on any atom is -0.383 e. The van der Waals surface area contributed by atoms with Crippen molar-refractivity contribution in [3.63, 3.8) is 0 Å². The molecule has 0 bridgehead atoms. The number of nitrogens with zero attached hydrogens (tertiary/aromatic N) is 2. The number of nitrogen functional groups attached to an aromatic ring is 1. The number of para-hydroxylation sites is 1. The molecular weight excluding hydrogens is 295 g/mol. The van der Waals surface area contributed by atoms with Gasteiger partial charge in [0.25, 0.3) is 0 Å². The van der Waals surface area contributed by atoms with Crippen molar-refractivity contribution < 1.29 is 0 Å². The van der Waals surface area contributed by atoms with Gasteiger partial charge in [0.1, 0.15) is 17.5 Å². The van der Waals surface area contributed by atoms with Crippen molar-refractivity contribution in [1.29, 1.82) is 0 Å². The summed E-state index contributed by atoms with van der Waals surface area (Å²) in [5.74, 6) is 1.81. The van der Waals surface area contributed by atoms with Crippen LogP contribution in [0, 0.1) is 6.92 Å². The van der Waals surface area contributed by atoms with Crippen LogP contribution in [0.1, 0.15) is 24.7 Å². The molecule has 1 aromatic heterocycles. The zero-order valence-corrected chi connectivity index (χ0v) is 12.9. The van der Waals surface area contributed by atoms with Crippen LogP contribution >= 0.6 is 23.2 Å². The topological polar surface area (TPSA) is 63.8 Å². The normalized spacial score (nSPS) is 10.6. The maximum absolute atomic E-state index is 6.15. The molecule has 1 aromatic carbocycles. The van der Waals surface area contributed by atoms with Crippen LogP contribution in [0.3, 0.4) is 0 Å². The number of rotatable bonds is 4. The van der Waals surface area contributed by atoms with Gasteiger partial charge in [0, 0.05) is 12.0 Å². The maximum Gasteiger partial charge on any atom is 0.139 e. The van der Waals surface area contributed by atoms with Gasteiger partial charge in [0.15, 0.2) is 0 Å². The highest BCUT2D eigenvalue weighted by Crippen LogP contribution is 2.33. The summed E-state index contributed by atoms with van der Waals surface area (Å²) in [5.41, 5.74) is 7.33. The third kappa shape index (κ3) is 3.14. The molecule has 0 spiro atoms. The molecule has 0 fully saturated rings. The van der Waals surface area contributed by atoms with E-state index >= 15 is 0 Å². The lowest BCUT2D eigenvalue weighted by Gasteiger charge is -2.14. The highest BCUT2D eigenvalue weighted by atomic mass is 35.5. The van der Waals surface area contributed by atoms with Crippen LogP contribution in [-0.2, 0) is 6.42 Å². The molecule has 0 atom stereocenters. The van der Waals surface area contributed by atoms with Crippen molar-refractivity contribution >= 4 is 40.5 Å². The Morgan fingerprint density at radius 2 is 1.85 bits per heavy atom. The summed E-state index contributed by atoms with van der Waals surface area (Å²) in [7, 11) is 0. The number of hydrogen-bond donors (Lipinski definition) is 2. The predicted molar refractivity (Wildman–Crippen MR) is 84.9 cm³/mol. The van der Waals surface area contributed by atoms with Gasteiger partial charge in [-0.1, -0.05) is 36.2 Å². The van der Waals surface area contributed by atoms with Gasteiger partial charge in [-0.15, -0.1) is 0 Å². The second kappa shape index (κ2) is 6.29. The van der Waals surface area contributed by atoms with E-state index in [4.69, 9.17) is 28.9 Å². The monoisotopic (exact) mass is 310 g/mol. The number of nitrogens with one attached hydrogen (secondary N) is 1. The predicted octanol–water partition coefficient (Wildman–Crippen LogP) is 4.37. The molecule has 3 N–H and O–H groups in total. The third-order valence-electron chi connectivity index (χ3n) is 2.91. The largest absolute Gasteiger partial charge is 0.383 e. The molecule has 0 radical (unpaired) electrons. The van der Waals surface area contributed by atoms with Gasteiger partial charge in [0.05, 0.1) is 15.7 Å². The van der Waals surface area contributed by atoms with E-state index in [1.165, 1.54) is 0 Å². The van der Waals surface area contributed by atoms with Gasteiger partial charge in [-0.25, -0.2) is 9.97 Å². The van der Waals surface area contributed by atoms with Gasteiger partial charge in [-0.05, 0) is 25.5 Å². The number of hydrogen-bond acceptors (Lipinski definition) is 4. The standard InChI is InChI=1S/C14H16Cl2N4/c1-3-5-11-18-13(17)8(2)14(19-11)20-12-9(15)6-4-7-10(12)16/h4,6-7H,3,5H2,1-2H3,(H3,17,18,19,20). The number of benzene rings is 1. The van der Waals surface area contributed by atoms with Crippen LogP contribution in [0.2, 0.25) is 10.0 Å². The van der Waals surface area contributed by atoms with Crippen molar-refractivity contribution in [1.82, 2.24) is 9.97 Å². The van der Waals surface area contributed by atoms with E-state index in [2.05, 4.69) is 22.2 Å². The van der Waals surface area contributed by atoms with Crippen molar-refractivity contribution in [2.45, 2.75) is 26.7 Å². The van der Waals surface area contributed by atoms with E-state index in [0.717, 1.165) is 18.4 Å². The molecule has 0 saturated carbocycles. The molecule has 1 heterocycles. The van der Waals surface area contributed by atoms with E-state index in [1.807, 2.05) is 6.92 Å². The van der Waals surface area contributed by atoms with E-state index in [1.54, 1.807) is 18.2 Å². The molecule has 6 heteroatoms. The van der Waals surface area contributed by atoms with Crippen molar-refractivity contribution in [3.8, 4) is 0 Å². The molecule has 0 aliphatic rings. The quantitative estimate of drug-likeness (QED) is 0.880. The molecule has 2 aromatic rings. The van der Waals surface area contributed by atoms with E-state index < -0.39 is 0 Å². The molecule has 106 valence electrons. The molecule has 2 rings (SSSR count). The lowest BCUT2D eigenvalue weighted by atomic mass is 10.2. The third-order valence-corrected chi connectivity index (χ3v) is 3.54. The average Bonchev–Trinajstić information content (AvgIpc) is 2.39. The summed E-state index contributed by atoms with van der Waals surface area (Å²) in [5, 5.41) is 4.22. The number of aromatic nitrogens is 2. The Hall–Kier alpha value is -1.52. The summed E-state index contributed by atoms with van der Waals surface area (Å²) >= 11 is 12.3. The zero-order valence-electron chi connectivity index (χ0n) is 11.4. The van der Waals surface area contributed by atoms with Crippen molar-refractivity contribution in [2.75, 3.05) is 11.1 Å². The van der Waals surface area contributed by atoms with Crippen LogP contribution in [0.15, 0.2) is 18.2 Å². The number of nitrogens with two attached hydrogens (primary N) is 1. The first-order valence-electron chi connectivity index (χ1n) is 6.37. The second-order valence-corrected chi connectivity index (χ2v) is 5.28. The fraction of sp³-hybridized carbons (Fsp3) is 0.286. The smallest absolute Gasteiger partial charge is 0.139 e. The molecule has 0 unspecified atom stereocenters. The van der Waals surface area contributed by atoms with E-state index in [0.29, 0.717) is 33.2 Å². The Bertz CT molecular complexity index is 609. The van der Waals surface area contributed by atoms with Gasteiger partial charge in [0.2, 0.25) is 0 Å². The van der Waals surface area contributed by atoms with Gasteiger partial charge < -0.3 is 11.1 Å². The Morgan fingerprint density at radius 1 is 1.20 bits per heavy atom. The lowest BCUT2D eigenvalue weighted by Crippen LogP contribution is -2.07. The van der Waals surface area contributed by atoms with Crippen LogP contribution in [0.5, 0.6) is 0 Å². The van der Waals surface area contributed by atoms with E-state index in [-0.39, 0.29) is 0 Å². The van der Waals surface area contributed by atoms with Crippen LogP contribution < -0.4 is 11.1 Å². The molecule has 0 saturated heterocycles. The molecule has 0 amide bonds. The molecule has 20 heavy (non-hydrogen) atoms. The Balaban J connectivity index is 2.42. The molecular formula is C14H16Cl2N4. The first-order chi connectivity index (χ1) is 9.52. The summed E-state index contributed by atoms with van der Waals surface area (Å²) < 4.78 is 0. The van der Waals surface area contributed by atoms with Gasteiger partial charge in [-0.2, -0.15) is 0 Å². The van der Waals surface area contributed by atoms with E-state index in [9.17, 15) is 0 Å². The minimum atomic E-state index is 0.467. The molecule has 0 aliphatic heterocycles. The summed E-state index contributed by atoms with van der Waals surface area (Å²) in [6, 6.07) is 5.32. The SMILES string of the molecule is CCCc1nc(N)c(C)c(Nc2c(Cl)cccc2Cl)n1. The summed E-state index contributed by atoms with van der Waals surface area (Å²) in [6.45, 7) is 3.93. The number of halogens is 2. The second-order valence-electron chi connectivity index (χ2n) is 4.47. The highest BCUT2D eigenvalue weighted by Gasteiger charge is 2.12. The fourth-order valence-electron chi connectivity index (χ4n) is 1.77. The lowest BCUT2D eigenvalue weighted by molar-refractivity contribution is 0.836. The Morgan fingerprint density at radius 3 is 2.45 bits per heavy atom. The van der Waals surface area contributed by atoms with Gasteiger partial charge >= 0.3 is 0 Å². The Kier molecular flexibility index (Phi) is 4.68. The first kappa shape index (κ1) is 14.9. The molecule has 4 nitrogen and oxygen atoms in total. The minimum absolute atomic E-state index is 0.467. The first-order valence-corrected chi connectivity index (χ1v) is 7.12. The van der Waals surface area contributed by atoms with Crippen LogP contribution in [0.25, 0.3) is 0 Å². The van der Waals surface area contributed by atoms with Crippen LogP contribution in [0.4, 0.5) is 17.3 Å².